The summed E-state index contributed by atoms with van der Waals surface area (Å²) in [5, 5.41) is 6.56. The van der Waals surface area contributed by atoms with E-state index in [1.165, 1.54) is 5.56 Å². The number of carbonyl (C=O) groups is 4. The highest BCUT2D eigenvalue weighted by atomic mass is 16.6. The van der Waals surface area contributed by atoms with E-state index in [2.05, 4.69) is 21.7 Å². The molecule has 234 valence electrons. The number of piperidine rings is 1. The van der Waals surface area contributed by atoms with Gasteiger partial charge in [0.2, 0.25) is 17.7 Å². The van der Waals surface area contributed by atoms with Crippen molar-refractivity contribution in [2.24, 2.45) is 0 Å². The summed E-state index contributed by atoms with van der Waals surface area (Å²) in [6, 6.07) is 15.0. The Morgan fingerprint density at radius 3 is 2.39 bits per heavy atom. The number of anilines is 1. The van der Waals surface area contributed by atoms with Gasteiger partial charge in [0.15, 0.2) is 0 Å². The number of H-pyrrole nitrogens is 1. The molecule has 3 heterocycles. The van der Waals surface area contributed by atoms with Gasteiger partial charge in [-0.2, -0.15) is 0 Å². The molecule has 10 heteroatoms. The fourth-order valence-electron chi connectivity index (χ4n) is 6.09. The molecular weight excluding hydrogens is 558 g/mol. The number of aromatic nitrogens is 1. The Bertz CT molecular complexity index is 1550. The van der Waals surface area contributed by atoms with E-state index >= 15 is 0 Å². The van der Waals surface area contributed by atoms with Crippen molar-refractivity contribution in [1.82, 2.24) is 20.5 Å². The van der Waals surface area contributed by atoms with Crippen LogP contribution in [0.2, 0.25) is 0 Å². The lowest BCUT2D eigenvalue weighted by atomic mass is 9.94. The van der Waals surface area contributed by atoms with Gasteiger partial charge in [-0.15, -0.1) is 0 Å². The van der Waals surface area contributed by atoms with E-state index in [-0.39, 0.29) is 24.3 Å². The zero-order valence-electron chi connectivity index (χ0n) is 26.2. The predicted molar refractivity (Wildman–Crippen MR) is 169 cm³/mol. The van der Waals surface area contributed by atoms with Crippen LogP contribution in [0.25, 0.3) is 10.9 Å². The van der Waals surface area contributed by atoms with Crippen LogP contribution < -0.4 is 15.5 Å². The molecule has 3 N–H and O–H groups in total. The number of hydrogen-bond donors (Lipinski definition) is 3. The van der Waals surface area contributed by atoms with Crippen LogP contribution >= 0.6 is 0 Å². The number of alkyl carbamates (subject to hydrolysis) is 1. The number of rotatable bonds is 7. The van der Waals surface area contributed by atoms with Crippen molar-refractivity contribution >= 4 is 40.4 Å². The number of fused-ring (bicyclic) bond motifs is 2. The molecule has 1 saturated heterocycles. The first-order valence-electron chi connectivity index (χ1n) is 15.4. The van der Waals surface area contributed by atoms with Crippen LogP contribution in [0.5, 0.6) is 0 Å². The topological polar surface area (TPSA) is 124 Å². The third kappa shape index (κ3) is 6.90. The van der Waals surface area contributed by atoms with Crippen molar-refractivity contribution in [3.63, 3.8) is 0 Å². The number of aromatic amines is 1. The highest BCUT2D eigenvalue weighted by molar-refractivity contribution is 5.97. The van der Waals surface area contributed by atoms with E-state index in [4.69, 9.17) is 4.74 Å². The number of nitrogens with one attached hydrogen (secondary N) is 3. The normalized spacial score (nSPS) is 16.8. The quantitative estimate of drug-likeness (QED) is 0.369. The lowest BCUT2D eigenvalue weighted by molar-refractivity contribution is -0.138. The smallest absolute Gasteiger partial charge is 0.408 e. The van der Waals surface area contributed by atoms with Crippen LogP contribution in [-0.4, -0.2) is 70.0 Å². The lowest BCUT2D eigenvalue weighted by Crippen LogP contribution is -2.61. The summed E-state index contributed by atoms with van der Waals surface area (Å²) in [5.41, 5.74) is 1.93. The molecule has 2 aromatic carbocycles. The second kappa shape index (κ2) is 12.3. The summed E-state index contributed by atoms with van der Waals surface area (Å²) in [5.74, 6) is -0.565. The molecular formula is C34H43N5O5. The Labute approximate surface area is 258 Å². The third-order valence-electron chi connectivity index (χ3n) is 8.35. The summed E-state index contributed by atoms with van der Waals surface area (Å²) < 4.78 is 5.36. The SMILES string of the molecule is CC(C)(C)OC(=O)NC(C)(C)C(=O)N[C@H](Cc1c[nH]c2ccccc12)C(=O)N1CCC(N2C(=O)CCc3ccccc32)CC1. The minimum Gasteiger partial charge on any atom is -0.444 e. The second-order valence-corrected chi connectivity index (χ2v) is 13.3. The molecule has 3 aromatic rings. The maximum atomic E-state index is 14.1. The molecule has 44 heavy (non-hydrogen) atoms. The Morgan fingerprint density at radius 1 is 0.977 bits per heavy atom. The van der Waals surface area contributed by atoms with Gasteiger partial charge >= 0.3 is 6.09 Å². The second-order valence-electron chi connectivity index (χ2n) is 13.3. The summed E-state index contributed by atoms with van der Waals surface area (Å²) >= 11 is 0. The minimum atomic E-state index is -1.34. The molecule has 0 saturated carbocycles. The summed E-state index contributed by atoms with van der Waals surface area (Å²) in [4.78, 5) is 60.1. The fraction of sp³-hybridized carbons (Fsp3) is 0.471. The molecule has 5 rings (SSSR count). The Hall–Kier alpha value is -4.34. The van der Waals surface area contributed by atoms with E-state index in [9.17, 15) is 19.2 Å². The zero-order chi connectivity index (χ0) is 31.6. The average Bonchev–Trinajstić information content (AvgIpc) is 3.38. The number of ether oxygens (including phenoxy) is 1. The number of aryl methyl sites for hydroxylation is 1. The summed E-state index contributed by atoms with van der Waals surface area (Å²) in [6.45, 7) is 9.34. The van der Waals surface area contributed by atoms with E-state index in [0.29, 0.717) is 32.4 Å². The zero-order valence-corrected chi connectivity index (χ0v) is 26.2. The standard InChI is InChI=1S/C34H43N5O5/c1-33(2,3)44-32(43)37-34(4,5)31(42)36-27(20-23-21-35-26-12-8-7-11-25(23)26)30(41)38-18-16-24(17-19-38)39-28-13-9-6-10-22(28)14-15-29(39)40/h6-13,21,24,27,35H,14-20H2,1-5H3,(H,36,42)(H,37,43)/t27-/m1/s1. The number of nitrogens with zero attached hydrogens (tertiary/aromatic N) is 2. The van der Waals surface area contributed by atoms with E-state index in [1.807, 2.05) is 53.6 Å². The molecule has 1 fully saturated rings. The van der Waals surface area contributed by atoms with E-state index < -0.39 is 29.2 Å². The largest absolute Gasteiger partial charge is 0.444 e. The molecule has 1 aromatic heterocycles. The van der Waals surface area contributed by atoms with Crippen LogP contribution in [0, 0.1) is 0 Å². The predicted octanol–water partition coefficient (Wildman–Crippen LogP) is 4.47. The third-order valence-corrected chi connectivity index (χ3v) is 8.35. The molecule has 0 bridgehead atoms. The molecule has 0 radical (unpaired) electrons. The number of likely N-dealkylation sites (tertiary alicyclic amines) is 1. The van der Waals surface area contributed by atoms with Gasteiger partial charge in [0.1, 0.15) is 17.2 Å². The average molecular weight is 602 g/mol. The van der Waals surface area contributed by atoms with Crippen LogP contribution in [0.15, 0.2) is 54.7 Å². The fourth-order valence-corrected chi connectivity index (χ4v) is 6.09. The number of carbonyl (C=O) groups excluding carboxylic acids is 4. The Morgan fingerprint density at radius 2 is 1.66 bits per heavy atom. The van der Waals surface area contributed by atoms with Crippen LogP contribution in [0.3, 0.4) is 0 Å². The van der Waals surface area contributed by atoms with Gasteiger partial charge in [-0.05, 0) is 77.1 Å². The van der Waals surface area contributed by atoms with Crippen molar-refractivity contribution in [2.45, 2.75) is 89.9 Å². The van der Waals surface area contributed by atoms with Gasteiger partial charge in [0.05, 0.1) is 0 Å². The lowest BCUT2D eigenvalue weighted by Gasteiger charge is -2.41. The molecule has 4 amide bonds. The van der Waals surface area contributed by atoms with Crippen LogP contribution in [0.1, 0.15) is 65.0 Å². The minimum absolute atomic E-state index is 0.00613. The van der Waals surface area contributed by atoms with Gasteiger partial charge in [-0.1, -0.05) is 36.4 Å². The molecule has 10 nitrogen and oxygen atoms in total. The van der Waals surface area contributed by atoms with Gasteiger partial charge in [-0.25, -0.2) is 4.79 Å². The highest BCUT2D eigenvalue weighted by Crippen LogP contribution is 2.32. The van der Waals surface area contributed by atoms with Crippen molar-refractivity contribution in [1.29, 1.82) is 0 Å². The number of hydrogen-bond acceptors (Lipinski definition) is 5. The van der Waals surface area contributed by atoms with Crippen molar-refractivity contribution in [3.05, 3.63) is 65.9 Å². The van der Waals surface area contributed by atoms with E-state index in [1.54, 1.807) is 39.5 Å². The van der Waals surface area contributed by atoms with Crippen LogP contribution in [0.4, 0.5) is 10.5 Å². The van der Waals surface area contributed by atoms with Gasteiger partial charge < -0.3 is 30.2 Å². The Kier molecular flexibility index (Phi) is 8.72. The monoisotopic (exact) mass is 601 g/mol. The van der Waals surface area contributed by atoms with Crippen molar-refractivity contribution < 1.29 is 23.9 Å². The first kappa shape index (κ1) is 31.1. The van der Waals surface area contributed by atoms with Crippen LogP contribution in [-0.2, 0) is 32.0 Å². The highest BCUT2D eigenvalue weighted by Gasteiger charge is 2.38. The first-order valence-corrected chi connectivity index (χ1v) is 15.4. The first-order chi connectivity index (χ1) is 20.8. The van der Waals surface area contributed by atoms with Crippen molar-refractivity contribution in [3.8, 4) is 0 Å². The van der Waals surface area contributed by atoms with Crippen molar-refractivity contribution in [2.75, 3.05) is 18.0 Å². The molecule has 1 atom stereocenters. The molecule has 0 aliphatic carbocycles. The number of benzene rings is 2. The van der Waals surface area contributed by atoms with Gasteiger partial charge in [-0.3, -0.25) is 14.4 Å². The summed E-state index contributed by atoms with van der Waals surface area (Å²) in [7, 11) is 0. The molecule has 2 aliphatic heterocycles. The van der Waals surface area contributed by atoms with E-state index in [0.717, 1.165) is 28.6 Å². The number of para-hydroxylation sites is 2. The van der Waals surface area contributed by atoms with Gasteiger partial charge in [0, 0.05) is 54.8 Å². The van der Waals surface area contributed by atoms with Gasteiger partial charge in [0.25, 0.3) is 0 Å². The maximum absolute atomic E-state index is 14.1. The number of amides is 4. The summed E-state index contributed by atoms with van der Waals surface area (Å²) in [6.07, 6.45) is 3.95. The molecule has 2 aliphatic rings. The maximum Gasteiger partial charge on any atom is 0.408 e. The molecule has 0 unspecified atom stereocenters. The molecule has 0 spiro atoms. The Balaban J connectivity index is 1.32.